The van der Waals surface area contributed by atoms with Crippen molar-refractivity contribution in [1.82, 2.24) is 5.43 Å². The molecule has 0 spiro atoms. The Hall–Kier alpha value is -1.68. The van der Waals surface area contributed by atoms with E-state index in [1.807, 2.05) is 0 Å². The van der Waals surface area contributed by atoms with Gasteiger partial charge in [0.1, 0.15) is 5.75 Å². The SMILES string of the molecule is NC(=NN=Cc1cc(Br)cc(Br)c1O)N[N+](=O)[O-]. The van der Waals surface area contributed by atoms with Crippen molar-refractivity contribution in [3.63, 3.8) is 0 Å². The van der Waals surface area contributed by atoms with Crippen molar-refractivity contribution in [3.8, 4) is 5.75 Å². The molecule has 0 radical (unpaired) electrons. The molecule has 0 aliphatic carbocycles. The first kappa shape index (κ1) is 14.4. The van der Waals surface area contributed by atoms with Crippen LogP contribution in [0, 0.1) is 10.1 Å². The normalized spacial score (nSPS) is 11.8. The molecule has 0 amide bonds. The highest BCUT2D eigenvalue weighted by molar-refractivity contribution is 9.11. The van der Waals surface area contributed by atoms with Gasteiger partial charge in [0, 0.05) is 10.0 Å². The largest absolute Gasteiger partial charge is 0.506 e. The molecule has 96 valence electrons. The third-order valence-electron chi connectivity index (χ3n) is 1.63. The van der Waals surface area contributed by atoms with Crippen LogP contribution in [0.25, 0.3) is 0 Å². The quantitative estimate of drug-likeness (QED) is 0.315. The molecule has 18 heavy (non-hydrogen) atoms. The number of phenols is 1. The number of rotatable bonds is 3. The lowest BCUT2D eigenvalue weighted by atomic mass is 10.2. The highest BCUT2D eigenvalue weighted by Gasteiger charge is 2.05. The van der Waals surface area contributed by atoms with Crippen molar-refractivity contribution in [2.75, 3.05) is 0 Å². The Bertz CT molecular complexity index is 532. The summed E-state index contributed by atoms with van der Waals surface area (Å²) >= 11 is 6.38. The third-order valence-corrected chi connectivity index (χ3v) is 2.69. The first-order valence-electron chi connectivity index (χ1n) is 4.35. The number of hydrogen-bond acceptors (Lipinski definition) is 5. The van der Waals surface area contributed by atoms with Crippen LogP contribution in [0.15, 0.2) is 31.3 Å². The molecule has 0 heterocycles. The Balaban J connectivity index is 2.88. The molecule has 0 bridgehead atoms. The summed E-state index contributed by atoms with van der Waals surface area (Å²) in [4.78, 5) is 10.0. The second kappa shape index (κ2) is 6.31. The summed E-state index contributed by atoms with van der Waals surface area (Å²) in [6.07, 6.45) is 1.21. The van der Waals surface area contributed by atoms with Crippen LogP contribution in [-0.2, 0) is 0 Å². The number of nitro groups is 1. The maximum Gasteiger partial charge on any atom is 0.275 e. The molecule has 1 rings (SSSR count). The molecular weight excluding hydrogens is 374 g/mol. The maximum absolute atomic E-state index is 10.0. The Kier molecular flexibility index (Phi) is 5.04. The van der Waals surface area contributed by atoms with Gasteiger partial charge in [-0.25, -0.2) is 10.1 Å². The van der Waals surface area contributed by atoms with Crippen LogP contribution >= 0.6 is 31.9 Å². The number of hydrazine groups is 1. The minimum atomic E-state index is -0.860. The zero-order valence-corrected chi connectivity index (χ0v) is 11.8. The zero-order valence-electron chi connectivity index (χ0n) is 8.67. The summed E-state index contributed by atoms with van der Waals surface area (Å²) in [6, 6.07) is 3.24. The number of nitrogens with one attached hydrogen (secondary N) is 1. The van der Waals surface area contributed by atoms with E-state index in [9.17, 15) is 15.2 Å². The lowest BCUT2D eigenvalue weighted by Gasteiger charge is -2.01. The van der Waals surface area contributed by atoms with Gasteiger partial charge < -0.3 is 10.8 Å². The van der Waals surface area contributed by atoms with Crippen molar-refractivity contribution in [2.45, 2.75) is 0 Å². The first-order valence-corrected chi connectivity index (χ1v) is 5.94. The van der Waals surface area contributed by atoms with E-state index in [0.717, 1.165) is 0 Å². The molecule has 10 heteroatoms. The van der Waals surface area contributed by atoms with Crippen LogP contribution in [0.3, 0.4) is 0 Å². The van der Waals surface area contributed by atoms with Gasteiger partial charge in [-0.05, 0) is 28.1 Å². The van der Waals surface area contributed by atoms with Crippen LogP contribution in [0.5, 0.6) is 5.75 Å². The monoisotopic (exact) mass is 379 g/mol. The minimum absolute atomic E-state index is 0.0297. The van der Waals surface area contributed by atoms with E-state index in [1.54, 1.807) is 17.6 Å². The number of nitrogens with zero attached hydrogens (tertiary/aromatic N) is 3. The van der Waals surface area contributed by atoms with Gasteiger partial charge in [0.05, 0.1) is 10.7 Å². The number of halogens is 2. The summed E-state index contributed by atoms with van der Waals surface area (Å²) in [6.45, 7) is 0. The number of benzene rings is 1. The zero-order chi connectivity index (χ0) is 13.7. The molecule has 1 aromatic carbocycles. The standard InChI is InChI=1S/C8H7Br2N5O3/c9-5-1-4(7(16)6(10)2-5)3-12-13-8(11)14-15(17)18/h1-3,16H,(H3,11,13,14). The molecule has 1 aromatic rings. The molecule has 8 nitrogen and oxygen atoms in total. The lowest BCUT2D eigenvalue weighted by molar-refractivity contribution is -0.525. The van der Waals surface area contributed by atoms with Crippen molar-refractivity contribution in [3.05, 3.63) is 36.8 Å². The molecular formula is C8H7Br2N5O3. The highest BCUT2D eigenvalue weighted by atomic mass is 79.9. The predicted octanol–water partition coefficient (Wildman–Crippen LogP) is 1.35. The Labute approximate surface area is 118 Å². The summed E-state index contributed by atoms with van der Waals surface area (Å²) in [5, 5.41) is 25.7. The van der Waals surface area contributed by atoms with Gasteiger partial charge in [-0.1, -0.05) is 21.4 Å². The summed E-state index contributed by atoms with van der Waals surface area (Å²) < 4.78 is 1.19. The Morgan fingerprint density at radius 2 is 2.22 bits per heavy atom. The number of phenolic OH excluding ortho intramolecular Hbond substituents is 1. The Morgan fingerprint density at radius 3 is 2.83 bits per heavy atom. The van der Waals surface area contributed by atoms with Crippen molar-refractivity contribution >= 4 is 44.0 Å². The van der Waals surface area contributed by atoms with E-state index in [-0.39, 0.29) is 5.75 Å². The summed E-state index contributed by atoms with van der Waals surface area (Å²) in [5.74, 6) is -0.497. The van der Waals surface area contributed by atoms with Crippen LogP contribution in [0.4, 0.5) is 0 Å². The molecule has 0 fully saturated rings. The molecule has 0 aliphatic rings. The van der Waals surface area contributed by atoms with E-state index in [2.05, 4.69) is 42.1 Å². The van der Waals surface area contributed by atoms with Crippen molar-refractivity contribution in [1.29, 1.82) is 0 Å². The van der Waals surface area contributed by atoms with E-state index >= 15 is 0 Å². The number of nitrogens with two attached hydrogens (primary N) is 1. The van der Waals surface area contributed by atoms with E-state index in [0.29, 0.717) is 14.5 Å². The predicted molar refractivity (Wildman–Crippen MR) is 72.9 cm³/mol. The second-order valence-electron chi connectivity index (χ2n) is 2.92. The first-order chi connectivity index (χ1) is 8.40. The van der Waals surface area contributed by atoms with Crippen LogP contribution in [0.1, 0.15) is 5.56 Å². The van der Waals surface area contributed by atoms with E-state index in [1.165, 1.54) is 6.21 Å². The van der Waals surface area contributed by atoms with Gasteiger partial charge >= 0.3 is 0 Å². The summed E-state index contributed by atoms with van der Waals surface area (Å²) in [5.41, 5.74) is 7.13. The highest BCUT2D eigenvalue weighted by Crippen LogP contribution is 2.30. The average molecular weight is 381 g/mol. The van der Waals surface area contributed by atoms with Crippen molar-refractivity contribution in [2.24, 2.45) is 15.9 Å². The Morgan fingerprint density at radius 1 is 1.56 bits per heavy atom. The van der Waals surface area contributed by atoms with E-state index < -0.39 is 11.0 Å². The van der Waals surface area contributed by atoms with Gasteiger partial charge in [0.2, 0.25) is 0 Å². The molecule has 0 saturated heterocycles. The second-order valence-corrected chi connectivity index (χ2v) is 4.69. The molecule has 0 saturated carbocycles. The van der Waals surface area contributed by atoms with Crippen LogP contribution in [0.2, 0.25) is 0 Å². The fraction of sp³-hybridized carbons (Fsp3) is 0. The van der Waals surface area contributed by atoms with Crippen molar-refractivity contribution < 1.29 is 10.1 Å². The smallest absolute Gasteiger partial charge is 0.275 e. The summed E-state index contributed by atoms with van der Waals surface area (Å²) in [7, 11) is 0. The molecule has 0 aromatic heterocycles. The fourth-order valence-electron chi connectivity index (χ4n) is 0.953. The molecule has 0 aliphatic heterocycles. The van der Waals surface area contributed by atoms with Gasteiger partial charge in [-0.3, -0.25) is 0 Å². The van der Waals surface area contributed by atoms with Gasteiger partial charge in [0.15, 0.2) is 5.03 Å². The van der Waals surface area contributed by atoms with Crippen LogP contribution < -0.4 is 11.2 Å². The fourth-order valence-corrected chi connectivity index (χ4v) is 2.21. The van der Waals surface area contributed by atoms with Gasteiger partial charge in [-0.15, -0.1) is 5.10 Å². The topological polar surface area (TPSA) is 126 Å². The van der Waals surface area contributed by atoms with Gasteiger partial charge in [-0.2, -0.15) is 5.10 Å². The molecule has 0 atom stereocenters. The van der Waals surface area contributed by atoms with Crippen LogP contribution in [-0.4, -0.2) is 22.3 Å². The molecule has 0 unspecified atom stereocenters. The average Bonchev–Trinajstić information content (AvgIpc) is 2.23. The molecule has 4 N–H and O–H groups in total. The number of guanidine groups is 1. The third kappa shape index (κ3) is 4.30. The number of hydrogen-bond donors (Lipinski definition) is 3. The number of aromatic hydroxyl groups is 1. The minimum Gasteiger partial charge on any atom is -0.506 e. The van der Waals surface area contributed by atoms with Gasteiger partial charge in [0.25, 0.3) is 5.96 Å². The maximum atomic E-state index is 10.0. The lowest BCUT2D eigenvalue weighted by Crippen LogP contribution is -2.35. The van der Waals surface area contributed by atoms with E-state index in [4.69, 9.17) is 5.73 Å².